The number of guanidine groups is 1. The van der Waals surface area contributed by atoms with Crippen LogP contribution in [-0.2, 0) is 24.3 Å². The summed E-state index contributed by atoms with van der Waals surface area (Å²) < 4.78 is 37.6. The Kier molecular flexibility index (Phi) is 13.1. The van der Waals surface area contributed by atoms with Gasteiger partial charge in [-0.3, -0.25) is 9.79 Å². The Morgan fingerprint density at radius 1 is 1.17 bits per heavy atom. The summed E-state index contributed by atoms with van der Waals surface area (Å²) >= 11 is 0. The summed E-state index contributed by atoms with van der Waals surface area (Å²) in [6.45, 7) is 3.54. The predicted molar refractivity (Wildman–Crippen MR) is 128 cm³/mol. The Labute approximate surface area is 197 Å². The monoisotopic (exact) mass is 560 g/mol. The van der Waals surface area contributed by atoms with E-state index in [0.29, 0.717) is 25.7 Å². The van der Waals surface area contributed by atoms with Gasteiger partial charge in [0.05, 0.1) is 24.4 Å². The van der Waals surface area contributed by atoms with Crippen LogP contribution in [0.4, 0.5) is 0 Å². The molecular weight excluding hydrogens is 523 g/mol. The number of nitrogens with zero attached hydrogens (tertiary/aromatic N) is 1. The molecule has 1 aliphatic carbocycles. The van der Waals surface area contributed by atoms with Gasteiger partial charge in [0.15, 0.2) is 5.96 Å². The van der Waals surface area contributed by atoms with Crippen LogP contribution in [0.1, 0.15) is 51.9 Å². The second-order valence-corrected chi connectivity index (χ2v) is 9.53. The van der Waals surface area contributed by atoms with Crippen molar-refractivity contribution < 1.29 is 22.7 Å². The second kappa shape index (κ2) is 14.4. The molecule has 1 heterocycles. The molecule has 0 aromatic rings. The summed E-state index contributed by atoms with van der Waals surface area (Å²) in [5.74, 6) is 0.420. The van der Waals surface area contributed by atoms with E-state index in [1.807, 2.05) is 6.92 Å². The summed E-state index contributed by atoms with van der Waals surface area (Å²) in [7, 11) is -1.71. The van der Waals surface area contributed by atoms with Gasteiger partial charge in [0, 0.05) is 32.8 Å². The molecule has 30 heavy (non-hydrogen) atoms. The molecule has 11 heteroatoms. The minimum atomic E-state index is -3.37. The number of hydrogen-bond acceptors (Lipinski definition) is 6. The molecule has 2 rings (SSSR count). The van der Waals surface area contributed by atoms with Crippen molar-refractivity contribution in [2.45, 2.75) is 64.0 Å². The van der Waals surface area contributed by atoms with Gasteiger partial charge >= 0.3 is 5.97 Å². The van der Waals surface area contributed by atoms with E-state index in [1.165, 1.54) is 0 Å². The van der Waals surface area contributed by atoms with Gasteiger partial charge in [0.2, 0.25) is 10.0 Å². The molecular formula is C19H37IN4O5S. The highest BCUT2D eigenvalue weighted by atomic mass is 127. The van der Waals surface area contributed by atoms with Gasteiger partial charge in [0.25, 0.3) is 0 Å². The van der Waals surface area contributed by atoms with Gasteiger partial charge in [-0.25, -0.2) is 13.1 Å². The molecule has 1 saturated heterocycles. The highest BCUT2D eigenvalue weighted by Crippen LogP contribution is 2.25. The smallest absolute Gasteiger partial charge is 0.308 e. The zero-order valence-corrected chi connectivity index (χ0v) is 21.2. The lowest BCUT2D eigenvalue weighted by Gasteiger charge is -2.29. The Morgan fingerprint density at radius 3 is 2.50 bits per heavy atom. The quantitative estimate of drug-likeness (QED) is 0.169. The fraction of sp³-hybridized carbons (Fsp3) is 0.895. The first-order chi connectivity index (χ1) is 13.9. The fourth-order valence-corrected chi connectivity index (χ4v) is 4.64. The summed E-state index contributed by atoms with van der Waals surface area (Å²) in [6.07, 6.45) is 6.28. The Bertz CT molecular complexity index is 633. The normalized spacial score (nSPS) is 25.1. The van der Waals surface area contributed by atoms with Crippen molar-refractivity contribution in [2.75, 3.05) is 39.1 Å². The van der Waals surface area contributed by atoms with Crippen molar-refractivity contribution in [1.82, 2.24) is 15.4 Å². The number of ether oxygens (including phenoxy) is 2. The topological polar surface area (TPSA) is 118 Å². The van der Waals surface area contributed by atoms with Crippen molar-refractivity contribution in [2.24, 2.45) is 10.9 Å². The number of halogens is 1. The van der Waals surface area contributed by atoms with E-state index in [9.17, 15) is 13.2 Å². The molecule has 1 atom stereocenters. The molecule has 3 N–H and O–H groups in total. The van der Waals surface area contributed by atoms with Crippen molar-refractivity contribution in [3.8, 4) is 0 Å². The number of hydrogen-bond donors (Lipinski definition) is 3. The van der Waals surface area contributed by atoms with E-state index in [2.05, 4.69) is 20.3 Å². The summed E-state index contributed by atoms with van der Waals surface area (Å²) in [4.78, 5) is 16.0. The molecule has 1 unspecified atom stereocenters. The number of carbonyl (C=O) groups is 1. The van der Waals surface area contributed by atoms with Gasteiger partial charge < -0.3 is 20.1 Å². The maximum atomic E-state index is 12.2. The van der Waals surface area contributed by atoms with Crippen LogP contribution in [0.25, 0.3) is 0 Å². The number of esters is 1. The first-order valence-electron chi connectivity index (χ1n) is 10.7. The van der Waals surface area contributed by atoms with Crippen LogP contribution >= 0.6 is 24.0 Å². The highest BCUT2D eigenvalue weighted by Gasteiger charge is 2.27. The zero-order valence-electron chi connectivity index (χ0n) is 18.0. The van der Waals surface area contributed by atoms with Crippen LogP contribution in [-0.4, -0.2) is 71.6 Å². The van der Waals surface area contributed by atoms with Crippen molar-refractivity contribution in [3.63, 3.8) is 0 Å². The first-order valence-corrected chi connectivity index (χ1v) is 12.3. The van der Waals surface area contributed by atoms with E-state index >= 15 is 0 Å². The van der Waals surface area contributed by atoms with Crippen molar-refractivity contribution in [1.29, 1.82) is 0 Å². The minimum absolute atomic E-state index is 0. The average molecular weight is 560 g/mol. The van der Waals surface area contributed by atoms with Crippen LogP contribution < -0.4 is 15.4 Å². The molecule has 0 amide bonds. The van der Waals surface area contributed by atoms with E-state index in [4.69, 9.17) is 9.47 Å². The lowest BCUT2D eigenvalue weighted by molar-refractivity contribution is -0.149. The van der Waals surface area contributed by atoms with Crippen molar-refractivity contribution >= 4 is 45.9 Å². The SMILES string of the molecule is CCOC(=O)C1CCC(NC(=NC)NCCS(=O)(=O)NCC2CCCCO2)CC1.I. The van der Waals surface area contributed by atoms with Gasteiger partial charge in [-0.1, -0.05) is 0 Å². The van der Waals surface area contributed by atoms with Crippen LogP contribution in [0.3, 0.4) is 0 Å². The molecule has 1 aliphatic heterocycles. The van der Waals surface area contributed by atoms with E-state index in [-0.39, 0.29) is 60.3 Å². The predicted octanol–water partition coefficient (Wildman–Crippen LogP) is 1.38. The third-order valence-corrected chi connectivity index (χ3v) is 6.73. The lowest BCUT2D eigenvalue weighted by atomic mass is 9.86. The summed E-state index contributed by atoms with van der Waals surface area (Å²) in [5.41, 5.74) is 0. The zero-order chi connectivity index (χ0) is 21.1. The second-order valence-electron chi connectivity index (χ2n) is 7.60. The van der Waals surface area contributed by atoms with E-state index in [0.717, 1.165) is 44.9 Å². The highest BCUT2D eigenvalue weighted by molar-refractivity contribution is 14.0. The van der Waals surface area contributed by atoms with Gasteiger partial charge in [-0.2, -0.15) is 0 Å². The molecule has 0 bridgehead atoms. The van der Waals surface area contributed by atoms with E-state index < -0.39 is 10.0 Å². The van der Waals surface area contributed by atoms with Crippen molar-refractivity contribution in [3.05, 3.63) is 0 Å². The summed E-state index contributed by atoms with van der Waals surface area (Å²) in [5, 5.41) is 6.38. The number of carbonyl (C=O) groups excluding carboxylic acids is 1. The first kappa shape index (κ1) is 27.4. The van der Waals surface area contributed by atoms with Crippen LogP contribution in [0.2, 0.25) is 0 Å². The largest absolute Gasteiger partial charge is 0.466 e. The van der Waals surface area contributed by atoms with Crippen LogP contribution in [0.15, 0.2) is 4.99 Å². The van der Waals surface area contributed by atoms with Gasteiger partial charge in [0.1, 0.15) is 0 Å². The number of aliphatic imine (C=N–C) groups is 1. The third kappa shape index (κ3) is 10.1. The molecule has 9 nitrogen and oxygen atoms in total. The molecule has 0 radical (unpaired) electrons. The third-order valence-electron chi connectivity index (χ3n) is 5.38. The van der Waals surface area contributed by atoms with Crippen LogP contribution in [0.5, 0.6) is 0 Å². The van der Waals surface area contributed by atoms with E-state index in [1.54, 1.807) is 7.05 Å². The average Bonchev–Trinajstić information content (AvgIpc) is 2.73. The molecule has 2 fully saturated rings. The number of rotatable bonds is 9. The fourth-order valence-electron chi connectivity index (χ4n) is 3.69. The Hall–Kier alpha value is -0.660. The lowest BCUT2D eigenvalue weighted by Crippen LogP contribution is -2.47. The molecule has 176 valence electrons. The maximum Gasteiger partial charge on any atom is 0.308 e. The van der Waals surface area contributed by atoms with Crippen LogP contribution in [0, 0.1) is 5.92 Å². The number of nitrogens with one attached hydrogen (secondary N) is 3. The van der Waals surface area contributed by atoms with Gasteiger partial charge in [-0.15, -0.1) is 24.0 Å². The molecule has 0 aromatic carbocycles. The standard InChI is InChI=1S/C19H36N4O5S.HI/c1-3-27-18(24)15-7-9-16(10-8-15)23-19(20-2)21-11-13-29(25,26)22-14-17-6-4-5-12-28-17;/h15-17,22H,3-14H2,1-2H3,(H2,20,21,23);1H. The summed E-state index contributed by atoms with van der Waals surface area (Å²) in [6, 6.07) is 0.213. The molecule has 2 aliphatic rings. The molecule has 1 saturated carbocycles. The minimum Gasteiger partial charge on any atom is -0.466 e. The Balaban J connectivity index is 0.00000450. The Morgan fingerprint density at radius 2 is 1.90 bits per heavy atom. The number of sulfonamides is 1. The molecule has 0 aromatic heterocycles. The maximum absolute atomic E-state index is 12.2. The molecule has 0 spiro atoms. The van der Waals surface area contributed by atoms with Gasteiger partial charge in [-0.05, 0) is 51.9 Å².